The standard InChI is InChI=1S/C27H39N5O.HI/c1-3-28-26(30-24-14-17-32(20-24)25-12-8-5-9-13-25)29-21-27(15-18-33-19-16-27)31-22(2)23-10-6-4-7-11-23;/h4-13,22,24,31H,3,14-21H2,1-2H3,(H2,28,29,30);1H. The van der Waals surface area contributed by atoms with Gasteiger partial charge in [0.25, 0.3) is 0 Å². The molecule has 186 valence electrons. The number of hydrogen-bond donors (Lipinski definition) is 3. The molecule has 6 nitrogen and oxygen atoms in total. The highest BCUT2D eigenvalue weighted by Gasteiger charge is 2.34. The highest BCUT2D eigenvalue weighted by atomic mass is 127. The van der Waals surface area contributed by atoms with E-state index in [2.05, 4.69) is 95.4 Å². The van der Waals surface area contributed by atoms with Crippen molar-refractivity contribution >= 4 is 35.6 Å². The Hall–Kier alpha value is -1.84. The molecule has 34 heavy (non-hydrogen) atoms. The number of halogens is 1. The van der Waals surface area contributed by atoms with Crippen LogP contribution in [-0.2, 0) is 4.74 Å². The van der Waals surface area contributed by atoms with Crippen LogP contribution in [0.5, 0.6) is 0 Å². The van der Waals surface area contributed by atoms with E-state index < -0.39 is 0 Å². The van der Waals surface area contributed by atoms with Gasteiger partial charge in [0, 0.05) is 56.2 Å². The predicted molar refractivity (Wildman–Crippen MR) is 152 cm³/mol. The molecule has 0 spiro atoms. The van der Waals surface area contributed by atoms with Crippen molar-refractivity contribution < 1.29 is 4.74 Å². The normalized spacial score (nSPS) is 20.9. The maximum atomic E-state index is 5.70. The van der Waals surface area contributed by atoms with E-state index >= 15 is 0 Å². The lowest BCUT2D eigenvalue weighted by molar-refractivity contribution is 0.0374. The summed E-state index contributed by atoms with van der Waals surface area (Å²) in [6.07, 6.45) is 3.05. The molecule has 2 unspecified atom stereocenters. The Morgan fingerprint density at radius 2 is 1.76 bits per heavy atom. The zero-order valence-corrected chi connectivity index (χ0v) is 22.8. The van der Waals surface area contributed by atoms with Gasteiger partial charge in [-0.05, 0) is 50.8 Å². The van der Waals surface area contributed by atoms with Gasteiger partial charge in [-0.25, -0.2) is 0 Å². The van der Waals surface area contributed by atoms with Crippen molar-refractivity contribution in [3.05, 3.63) is 66.2 Å². The van der Waals surface area contributed by atoms with Crippen LogP contribution >= 0.6 is 24.0 Å². The van der Waals surface area contributed by atoms with Crippen LogP contribution in [0.1, 0.15) is 44.7 Å². The number of guanidine groups is 1. The van der Waals surface area contributed by atoms with Gasteiger partial charge in [0.1, 0.15) is 0 Å². The summed E-state index contributed by atoms with van der Waals surface area (Å²) in [5.74, 6) is 0.914. The van der Waals surface area contributed by atoms with Gasteiger partial charge in [0.05, 0.1) is 6.54 Å². The van der Waals surface area contributed by atoms with E-state index in [4.69, 9.17) is 9.73 Å². The largest absolute Gasteiger partial charge is 0.381 e. The number of benzene rings is 2. The molecule has 3 N–H and O–H groups in total. The first-order chi connectivity index (χ1) is 16.2. The number of anilines is 1. The topological polar surface area (TPSA) is 60.9 Å². The Labute approximate surface area is 222 Å². The summed E-state index contributed by atoms with van der Waals surface area (Å²) < 4.78 is 5.70. The molecule has 0 aliphatic carbocycles. The number of aliphatic imine (C=N–C) groups is 1. The molecule has 0 amide bonds. The predicted octanol–water partition coefficient (Wildman–Crippen LogP) is 4.34. The van der Waals surface area contributed by atoms with Crippen LogP contribution in [-0.4, -0.2) is 56.9 Å². The Kier molecular flexibility index (Phi) is 10.5. The second-order valence-electron chi connectivity index (χ2n) is 9.28. The van der Waals surface area contributed by atoms with Gasteiger partial charge in [-0.15, -0.1) is 24.0 Å². The molecule has 2 aromatic carbocycles. The lowest BCUT2D eigenvalue weighted by Crippen LogP contribution is -2.53. The Morgan fingerprint density at radius 3 is 2.44 bits per heavy atom. The molecule has 2 aliphatic heterocycles. The third-order valence-corrected chi connectivity index (χ3v) is 6.81. The highest BCUT2D eigenvalue weighted by Crippen LogP contribution is 2.26. The van der Waals surface area contributed by atoms with E-state index in [0.717, 1.165) is 64.6 Å². The second-order valence-corrected chi connectivity index (χ2v) is 9.28. The SMILES string of the molecule is CCNC(=NCC1(NC(C)c2ccccc2)CCOCC1)NC1CCN(c2ccccc2)C1.I. The maximum absolute atomic E-state index is 5.70. The number of nitrogens with zero attached hydrogens (tertiary/aromatic N) is 2. The molecule has 0 aromatic heterocycles. The summed E-state index contributed by atoms with van der Waals surface area (Å²) >= 11 is 0. The first-order valence-corrected chi connectivity index (χ1v) is 12.4. The fourth-order valence-corrected chi connectivity index (χ4v) is 4.89. The Bertz CT molecular complexity index is 873. The van der Waals surface area contributed by atoms with Crippen LogP contribution in [0.25, 0.3) is 0 Å². The minimum absolute atomic E-state index is 0. The summed E-state index contributed by atoms with van der Waals surface area (Å²) in [4.78, 5) is 7.52. The summed E-state index contributed by atoms with van der Waals surface area (Å²) in [6, 6.07) is 22.0. The number of ether oxygens (including phenoxy) is 1. The van der Waals surface area contributed by atoms with Crippen molar-refractivity contribution in [1.29, 1.82) is 0 Å². The molecule has 2 saturated heterocycles. The second kappa shape index (κ2) is 13.3. The third kappa shape index (κ3) is 7.33. The van der Waals surface area contributed by atoms with Gasteiger partial charge >= 0.3 is 0 Å². The van der Waals surface area contributed by atoms with Gasteiger partial charge in [-0.2, -0.15) is 0 Å². The summed E-state index contributed by atoms with van der Waals surface area (Å²) in [5.41, 5.74) is 2.55. The molecule has 7 heteroatoms. The van der Waals surface area contributed by atoms with Gasteiger partial charge in [-0.1, -0.05) is 48.5 Å². The Morgan fingerprint density at radius 1 is 1.09 bits per heavy atom. The quantitative estimate of drug-likeness (QED) is 0.248. The van der Waals surface area contributed by atoms with E-state index in [-0.39, 0.29) is 35.6 Å². The smallest absolute Gasteiger partial charge is 0.191 e. The first kappa shape index (κ1) is 26.8. The average molecular weight is 578 g/mol. The van der Waals surface area contributed by atoms with Crippen molar-refractivity contribution in [2.45, 2.75) is 50.7 Å². The van der Waals surface area contributed by atoms with Crippen molar-refractivity contribution in [1.82, 2.24) is 16.0 Å². The van der Waals surface area contributed by atoms with Gasteiger partial charge < -0.3 is 25.6 Å². The maximum Gasteiger partial charge on any atom is 0.191 e. The van der Waals surface area contributed by atoms with Crippen LogP contribution in [0, 0.1) is 0 Å². The van der Waals surface area contributed by atoms with Crippen LogP contribution < -0.4 is 20.9 Å². The van der Waals surface area contributed by atoms with Gasteiger partial charge in [-0.3, -0.25) is 4.99 Å². The fraction of sp³-hybridized carbons (Fsp3) is 0.519. The molecule has 2 aliphatic rings. The summed E-state index contributed by atoms with van der Waals surface area (Å²) in [6.45, 7) is 9.59. The minimum atomic E-state index is -0.0540. The third-order valence-electron chi connectivity index (χ3n) is 6.81. The molecule has 2 heterocycles. The molecule has 0 bridgehead atoms. The molecule has 2 aromatic rings. The summed E-state index contributed by atoms with van der Waals surface area (Å²) in [5, 5.41) is 11.1. The van der Waals surface area contributed by atoms with E-state index in [1.807, 2.05) is 0 Å². The highest BCUT2D eigenvalue weighted by molar-refractivity contribution is 14.0. The van der Waals surface area contributed by atoms with Crippen LogP contribution in [0.3, 0.4) is 0 Å². The molecule has 2 fully saturated rings. The van der Waals surface area contributed by atoms with Crippen molar-refractivity contribution in [2.75, 3.05) is 44.3 Å². The fourth-order valence-electron chi connectivity index (χ4n) is 4.89. The molecular formula is C27H40IN5O. The number of hydrogen-bond acceptors (Lipinski definition) is 4. The molecular weight excluding hydrogens is 537 g/mol. The monoisotopic (exact) mass is 577 g/mol. The first-order valence-electron chi connectivity index (χ1n) is 12.4. The van der Waals surface area contributed by atoms with Gasteiger partial charge in [0.2, 0.25) is 0 Å². The molecule has 0 saturated carbocycles. The molecule has 2 atom stereocenters. The zero-order valence-electron chi connectivity index (χ0n) is 20.5. The van der Waals surface area contributed by atoms with Gasteiger partial charge in [0.15, 0.2) is 5.96 Å². The zero-order chi connectivity index (χ0) is 22.9. The van der Waals surface area contributed by atoms with E-state index in [0.29, 0.717) is 6.04 Å². The van der Waals surface area contributed by atoms with E-state index in [9.17, 15) is 0 Å². The molecule has 0 radical (unpaired) electrons. The van der Waals surface area contributed by atoms with Crippen LogP contribution in [0.15, 0.2) is 65.7 Å². The minimum Gasteiger partial charge on any atom is -0.381 e. The van der Waals surface area contributed by atoms with E-state index in [1.54, 1.807) is 0 Å². The van der Waals surface area contributed by atoms with Crippen molar-refractivity contribution in [2.24, 2.45) is 4.99 Å². The number of rotatable bonds is 8. The van der Waals surface area contributed by atoms with Crippen LogP contribution in [0.2, 0.25) is 0 Å². The van der Waals surface area contributed by atoms with Crippen LogP contribution in [0.4, 0.5) is 5.69 Å². The lowest BCUT2D eigenvalue weighted by atomic mass is 9.88. The summed E-state index contributed by atoms with van der Waals surface area (Å²) in [7, 11) is 0. The molecule has 4 rings (SSSR count). The van der Waals surface area contributed by atoms with Crippen molar-refractivity contribution in [3.63, 3.8) is 0 Å². The average Bonchev–Trinajstić information content (AvgIpc) is 3.33. The lowest BCUT2D eigenvalue weighted by Gasteiger charge is -2.39. The number of para-hydroxylation sites is 1. The van der Waals surface area contributed by atoms with Crippen molar-refractivity contribution in [3.8, 4) is 0 Å². The Balaban J connectivity index is 0.00000324. The van der Waals surface area contributed by atoms with E-state index in [1.165, 1.54) is 11.3 Å². The number of nitrogens with one attached hydrogen (secondary N) is 3.